The first-order valence-corrected chi connectivity index (χ1v) is 18.8. The van der Waals surface area contributed by atoms with Crippen LogP contribution in [0.15, 0.2) is 194 Å². The summed E-state index contributed by atoms with van der Waals surface area (Å²) in [5.41, 5.74) is 13.9. The van der Waals surface area contributed by atoms with Crippen LogP contribution < -0.4 is 4.74 Å². The lowest BCUT2D eigenvalue weighted by atomic mass is 9.66. The molecule has 0 N–H and O–H groups in total. The Kier molecular flexibility index (Phi) is 7.32. The maximum atomic E-state index is 6.63. The molecule has 11 rings (SSSR count). The molecule has 1 aliphatic heterocycles. The third kappa shape index (κ3) is 4.88. The van der Waals surface area contributed by atoms with Gasteiger partial charge in [-0.3, -0.25) is 4.98 Å². The Bertz CT molecular complexity index is 2830. The van der Waals surface area contributed by atoms with Gasteiger partial charge in [0.15, 0.2) is 17.5 Å². The molecule has 2 aromatic heterocycles. The van der Waals surface area contributed by atoms with Gasteiger partial charge in [-0.25, -0.2) is 15.0 Å². The number of hydrogen-bond acceptors (Lipinski definition) is 5. The van der Waals surface area contributed by atoms with Crippen LogP contribution >= 0.6 is 0 Å². The molecule has 262 valence electrons. The quantitative estimate of drug-likeness (QED) is 0.177. The zero-order chi connectivity index (χ0) is 37.1. The monoisotopic (exact) mass is 716 g/mol. The van der Waals surface area contributed by atoms with Gasteiger partial charge >= 0.3 is 0 Å². The first kappa shape index (κ1) is 32.0. The minimum Gasteiger partial charge on any atom is -0.457 e. The fourth-order valence-corrected chi connectivity index (χ4v) is 8.74. The fourth-order valence-electron chi connectivity index (χ4n) is 8.74. The van der Waals surface area contributed by atoms with Gasteiger partial charge in [0.05, 0.1) is 5.41 Å². The van der Waals surface area contributed by atoms with Crippen molar-refractivity contribution in [2.45, 2.75) is 5.41 Å². The smallest absolute Gasteiger partial charge is 0.164 e. The van der Waals surface area contributed by atoms with Gasteiger partial charge in [0, 0.05) is 40.2 Å². The molecule has 1 aliphatic carbocycles. The molecule has 56 heavy (non-hydrogen) atoms. The number of hydrogen-bond donors (Lipinski definition) is 0. The molecule has 0 saturated carbocycles. The summed E-state index contributed by atoms with van der Waals surface area (Å²) in [6.45, 7) is 0. The van der Waals surface area contributed by atoms with E-state index in [4.69, 9.17) is 19.7 Å². The summed E-state index contributed by atoms with van der Waals surface area (Å²) in [6.07, 6.45) is 3.75. The van der Waals surface area contributed by atoms with E-state index in [0.29, 0.717) is 17.5 Å². The largest absolute Gasteiger partial charge is 0.457 e. The Labute approximate surface area is 324 Å². The Morgan fingerprint density at radius 1 is 0.321 bits per heavy atom. The second-order valence-corrected chi connectivity index (χ2v) is 14.2. The first-order valence-electron chi connectivity index (χ1n) is 18.8. The molecule has 0 saturated heterocycles. The number of nitrogens with zero attached hydrogens (tertiary/aromatic N) is 4. The van der Waals surface area contributed by atoms with Crippen molar-refractivity contribution in [1.29, 1.82) is 0 Å². The van der Waals surface area contributed by atoms with E-state index >= 15 is 0 Å². The Balaban J connectivity index is 1.13. The van der Waals surface area contributed by atoms with Crippen molar-refractivity contribution in [1.82, 2.24) is 19.9 Å². The number of ether oxygens (including phenoxy) is 1. The Morgan fingerprint density at radius 2 is 0.714 bits per heavy atom. The summed E-state index contributed by atoms with van der Waals surface area (Å²) in [5, 5.41) is 0. The molecule has 0 unspecified atom stereocenters. The van der Waals surface area contributed by atoms with Crippen LogP contribution in [0.25, 0.3) is 67.5 Å². The average molecular weight is 717 g/mol. The number of aromatic nitrogens is 4. The number of rotatable bonds is 5. The van der Waals surface area contributed by atoms with Crippen molar-refractivity contribution in [2.75, 3.05) is 0 Å². The number of fused-ring (bicyclic) bond motifs is 9. The van der Waals surface area contributed by atoms with Gasteiger partial charge in [-0.05, 0) is 68.8 Å². The molecular formula is C51H32N4O. The van der Waals surface area contributed by atoms with Crippen molar-refractivity contribution in [3.63, 3.8) is 0 Å². The van der Waals surface area contributed by atoms with Gasteiger partial charge in [-0.2, -0.15) is 0 Å². The lowest BCUT2D eigenvalue weighted by Crippen LogP contribution is -2.32. The lowest BCUT2D eigenvalue weighted by molar-refractivity contribution is 0.436. The van der Waals surface area contributed by atoms with E-state index in [9.17, 15) is 0 Å². The highest BCUT2D eigenvalue weighted by Crippen LogP contribution is 2.64. The molecule has 5 heteroatoms. The minimum absolute atomic E-state index is 0.596. The van der Waals surface area contributed by atoms with Gasteiger partial charge in [0.1, 0.15) is 11.5 Å². The molecule has 5 nitrogen and oxygen atoms in total. The molecule has 2 aliphatic rings. The second-order valence-electron chi connectivity index (χ2n) is 14.2. The zero-order valence-electron chi connectivity index (χ0n) is 30.2. The summed E-state index contributed by atoms with van der Waals surface area (Å²) in [4.78, 5) is 19.3. The Hall–Kier alpha value is -7.50. The fraction of sp³-hybridized carbons (Fsp3) is 0.0196. The highest BCUT2D eigenvalue weighted by Gasteiger charge is 2.52. The first-order chi connectivity index (χ1) is 27.8. The Morgan fingerprint density at radius 3 is 1.21 bits per heavy atom. The molecule has 3 heterocycles. The highest BCUT2D eigenvalue weighted by molar-refractivity contribution is 6.02. The molecule has 0 bridgehead atoms. The standard InChI is InChI=1S/C51H32N4O/c1-3-13-35(14-4-1)48-53-49(36-15-5-2-6-16-36)55-50(54-48)37-27-25-33(26-28-37)38-17-11-21-42-46(38)47-39(34-29-31-52-32-30-34)18-12-22-43(47)51(42)40-19-7-9-23-44(40)56-45-24-10-8-20-41(45)51/h1-32H. The van der Waals surface area contributed by atoms with E-state index in [1.54, 1.807) is 0 Å². The predicted octanol–water partition coefficient (Wildman–Crippen LogP) is 12.1. The van der Waals surface area contributed by atoms with E-state index in [-0.39, 0.29) is 0 Å². The minimum atomic E-state index is -0.596. The SMILES string of the molecule is c1ccc(-c2nc(-c3ccccc3)nc(-c3ccc(-c4cccc5c4-c4c(-c6ccncc6)cccc4C54c5ccccc5Oc5ccccc54)cc3)n2)cc1. The molecule has 1 spiro atoms. The van der Waals surface area contributed by atoms with Crippen molar-refractivity contribution in [3.8, 4) is 79.0 Å². The topological polar surface area (TPSA) is 60.8 Å². The molecule has 0 radical (unpaired) electrons. The average Bonchev–Trinajstić information content (AvgIpc) is 3.58. The molecule has 7 aromatic carbocycles. The van der Waals surface area contributed by atoms with Crippen molar-refractivity contribution >= 4 is 0 Å². The van der Waals surface area contributed by atoms with Crippen LogP contribution in [0.5, 0.6) is 11.5 Å². The van der Waals surface area contributed by atoms with Crippen molar-refractivity contribution in [3.05, 3.63) is 217 Å². The number of pyridine rings is 1. The van der Waals surface area contributed by atoms with E-state index in [1.165, 1.54) is 27.8 Å². The van der Waals surface area contributed by atoms with Gasteiger partial charge < -0.3 is 4.74 Å². The number of benzene rings is 7. The summed E-state index contributed by atoms with van der Waals surface area (Å²) in [6, 6.07) is 63.5. The van der Waals surface area contributed by atoms with Crippen molar-refractivity contribution < 1.29 is 4.74 Å². The molecule has 0 amide bonds. The van der Waals surface area contributed by atoms with Gasteiger partial charge in [-0.15, -0.1) is 0 Å². The third-order valence-electron chi connectivity index (χ3n) is 11.1. The van der Waals surface area contributed by atoms with Crippen LogP contribution in [-0.2, 0) is 5.41 Å². The van der Waals surface area contributed by atoms with Crippen LogP contribution in [0.2, 0.25) is 0 Å². The van der Waals surface area contributed by atoms with Crippen LogP contribution in [0.3, 0.4) is 0 Å². The lowest BCUT2D eigenvalue weighted by Gasteiger charge is -2.39. The van der Waals surface area contributed by atoms with Crippen LogP contribution in [-0.4, -0.2) is 19.9 Å². The summed E-state index contributed by atoms with van der Waals surface area (Å²) in [5.74, 6) is 3.65. The maximum absolute atomic E-state index is 6.63. The number of para-hydroxylation sites is 2. The summed E-state index contributed by atoms with van der Waals surface area (Å²) < 4.78 is 6.63. The molecular weight excluding hydrogens is 685 g/mol. The van der Waals surface area contributed by atoms with E-state index in [2.05, 4.69) is 126 Å². The zero-order valence-corrected chi connectivity index (χ0v) is 30.2. The van der Waals surface area contributed by atoms with Gasteiger partial charge in [0.2, 0.25) is 0 Å². The van der Waals surface area contributed by atoms with Crippen molar-refractivity contribution in [2.24, 2.45) is 0 Å². The van der Waals surface area contributed by atoms with E-state index in [1.807, 2.05) is 73.1 Å². The van der Waals surface area contributed by atoms with Crippen LogP contribution in [0.1, 0.15) is 22.3 Å². The van der Waals surface area contributed by atoms with Gasteiger partial charge in [0.25, 0.3) is 0 Å². The van der Waals surface area contributed by atoms with E-state index < -0.39 is 5.41 Å². The molecule has 9 aromatic rings. The van der Waals surface area contributed by atoms with E-state index in [0.717, 1.165) is 56.0 Å². The highest BCUT2D eigenvalue weighted by atomic mass is 16.5. The summed E-state index contributed by atoms with van der Waals surface area (Å²) >= 11 is 0. The van der Waals surface area contributed by atoms with Crippen LogP contribution in [0.4, 0.5) is 0 Å². The molecule has 0 fully saturated rings. The molecule has 0 atom stereocenters. The summed E-state index contributed by atoms with van der Waals surface area (Å²) in [7, 11) is 0. The normalized spacial score (nSPS) is 12.9. The predicted molar refractivity (Wildman–Crippen MR) is 222 cm³/mol. The maximum Gasteiger partial charge on any atom is 0.164 e. The second kappa shape index (κ2) is 12.8. The van der Waals surface area contributed by atoms with Gasteiger partial charge in [-0.1, -0.05) is 158 Å². The van der Waals surface area contributed by atoms with Crippen LogP contribution in [0, 0.1) is 0 Å². The third-order valence-corrected chi connectivity index (χ3v) is 11.1.